The van der Waals surface area contributed by atoms with Gasteiger partial charge in [0.2, 0.25) is 0 Å². The van der Waals surface area contributed by atoms with E-state index < -0.39 is 6.09 Å². The molecule has 0 saturated heterocycles. The van der Waals surface area contributed by atoms with Crippen LogP contribution >= 0.6 is 0 Å². The summed E-state index contributed by atoms with van der Waals surface area (Å²) in [5.41, 5.74) is 1.28. The number of ether oxygens (including phenoxy) is 1. The summed E-state index contributed by atoms with van der Waals surface area (Å²) >= 11 is 0. The maximum Gasteiger partial charge on any atom is 0.404 e. The van der Waals surface area contributed by atoms with E-state index in [1.807, 2.05) is 0 Å². The number of nitrogens with one attached hydrogen (secondary N) is 2. The number of amides is 1. The number of aliphatic hydroxyl groups is 1. The van der Waals surface area contributed by atoms with Crippen LogP contribution in [-0.2, 0) is 0 Å². The number of carboxylic acid groups (broad SMARTS) is 1. The van der Waals surface area contributed by atoms with Crippen molar-refractivity contribution in [2.75, 3.05) is 31.6 Å². The molecule has 0 unspecified atom stereocenters. The lowest BCUT2D eigenvalue weighted by Crippen LogP contribution is -2.25. The molecule has 0 saturated carbocycles. The Morgan fingerprint density at radius 1 is 1.46 bits per heavy atom. The maximum atomic E-state index is 12.7. The van der Waals surface area contributed by atoms with Crippen molar-refractivity contribution in [1.82, 2.24) is 10.3 Å². The van der Waals surface area contributed by atoms with E-state index in [4.69, 9.17) is 19.4 Å². The van der Waals surface area contributed by atoms with Crippen molar-refractivity contribution in [1.29, 1.82) is 0 Å². The third-order valence-electron chi connectivity index (χ3n) is 3.02. The van der Waals surface area contributed by atoms with E-state index in [-0.39, 0.29) is 25.3 Å². The highest BCUT2D eigenvalue weighted by atomic mass is 19.1. The second kappa shape index (κ2) is 8.73. The molecule has 1 amide bonds. The van der Waals surface area contributed by atoms with Crippen molar-refractivity contribution in [3.8, 4) is 5.75 Å². The Balaban J connectivity index is 1.95. The van der Waals surface area contributed by atoms with Crippen LogP contribution in [0.15, 0.2) is 34.5 Å². The van der Waals surface area contributed by atoms with Crippen LogP contribution in [0, 0.1) is 0 Å². The highest BCUT2D eigenvalue weighted by molar-refractivity contribution is 5.76. The Morgan fingerprint density at radius 3 is 3.00 bits per heavy atom. The molecule has 2 rings (SSSR count). The number of rotatable bonds is 9. The maximum absolute atomic E-state index is 12.7. The SMILES string of the molecule is O=C(O)NC/C(=C/F)COc1ccc2nc(NCCCO)oc2c1. The van der Waals surface area contributed by atoms with Gasteiger partial charge in [-0.25, -0.2) is 9.18 Å². The first-order valence-electron chi connectivity index (χ1n) is 7.25. The summed E-state index contributed by atoms with van der Waals surface area (Å²) in [6.07, 6.45) is -0.347. The second-order valence-electron chi connectivity index (χ2n) is 4.87. The molecule has 4 N–H and O–H groups in total. The minimum atomic E-state index is -1.24. The molecule has 0 spiro atoms. The van der Waals surface area contributed by atoms with Crippen molar-refractivity contribution in [3.63, 3.8) is 0 Å². The summed E-state index contributed by atoms with van der Waals surface area (Å²) < 4.78 is 23.6. The largest absolute Gasteiger partial charge is 0.489 e. The number of carbonyl (C=O) groups is 1. The van der Waals surface area contributed by atoms with Crippen LogP contribution < -0.4 is 15.4 Å². The monoisotopic (exact) mass is 339 g/mol. The first kappa shape index (κ1) is 17.5. The molecule has 0 bridgehead atoms. The zero-order chi connectivity index (χ0) is 17.4. The molecule has 0 atom stereocenters. The summed E-state index contributed by atoms with van der Waals surface area (Å²) in [6.45, 7) is 0.355. The van der Waals surface area contributed by atoms with Crippen molar-refractivity contribution in [2.45, 2.75) is 6.42 Å². The smallest absolute Gasteiger partial charge is 0.404 e. The molecule has 1 aromatic carbocycles. The number of oxazole rings is 1. The molecule has 1 aromatic heterocycles. The van der Waals surface area contributed by atoms with Crippen molar-refractivity contribution in [3.05, 3.63) is 30.1 Å². The summed E-state index contributed by atoms with van der Waals surface area (Å²) in [6, 6.07) is 5.30. The normalized spacial score (nSPS) is 11.5. The lowest BCUT2D eigenvalue weighted by Gasteiger charge is -2.08. The molecule has 8 nitrogen and oxygen atoms in total. The highest BCUT2D eigenvalue weighted by Gasteiger charge is 2.08. The third kappa shape index (κ3) is 5.13. The lowest BCUT2D eigenvalue weighted by atomic mass is 10.3. The number of fused-ring (bicyclic) bond motifs is 1. The van der Waals surface area contributed by atoms with E-state index in [1.54, 1.807) is 18.2 Å². The quantitative estimate of drug-likeness (QED) is 0.517. The Morgan fingerprint density at radius 2 is 2.29 bits per heavy atom. The fraction of sp³-hybridized carbons (Fsp3) is 0.333. The van der Waals surface area contributed by atoms with Gasteiger partial charge in [-0.2, -0.15) is 4.98 Å². The van der Waals surface area contributed by atoms with Gasteiger partial charge in [0.25, 0.3) is 6.01 Å². The van der Waals surface area contributed by atoms with E-state index >= 15 is 0 Å². The fourth-order valence-corrected chi connectivity index (χ4v) is 1.83. The Bertz CT molecular complexity index is 716. The predicted molar refractivity (Wildman–Crippen MR) is 84.9 cm³/mol. The van der Waals surface area contributed by atoms with Gasteiger partial charge >= 0.3 is 6.09 Å². The topological polar surface area (TPSA) is 117 Å². The second-order valence-corrected chi connectivity index (χ2v) is 4.87. The molecular weight excluding hydrogens is 321 g/mol. The number of benzene rings is 1. The first-order chi connectivity index (χ1) is 11.6. The molecule has 130 valence electrons. The van der Waals surface area contributed by atoms with Crippen LogP contribution in [-0.4, -0.2) is 47.6 Å². The number of aliphatic hydroxyl groups excluding tert-OH is 1. The molecule has 0 aliphatic heterocycles. The molecule has 24 heavy (non-hydrogen) atoms. The van der Waals surface area contributed by atoms with Crippen LogP contribution in [0.5, 0.6) is 5.75 Å². The number of halogens is 1. The average Bonchev–Trinajstić information content (AvgIpc) is 2.97. The molecule has 2 aromatic rings. The van der Waals surface area contributed by atoms with Gasteiger partial charge in [-0.15, -0.1) is 0 Å². The van der Waals surface area contributed by atoms with Gasteiger partial charge in [0, 0.05) is 31.3 Å². The fourth-order valence-electron chi connectivity index (χ4n) is 1.83. The molecule has 0 aliphatic rings. The summed E-state index contributed by atoms with van der Waals surface area (Å²) in [5.74, 6) is 0.440. The standard InChI is InChI=1S/C15H18FN3O5/c16-7-10(8-18-15(21)22)9-23-11-2-3-12-13(6-11)24-14(19-12)17-4-1-5-20/h2-3,6-7,18,20H,1,4-5,8-9H2,(H,17,19)(H,21,22)/b10-7-. The van der Waals surface area contributed by atoms with Crippen LogP contribution in [0.1, 0.15) is 6.42 Å². The van der Waals surface area contributed by atoms with Crippen LogP contribution in [0.2, 0.25) is 0 Å². The van der Waals surface area contributed by atoms with Gasteiger partial charge in [0.05, 0.1) is 6.33 Å². The van der Waals surface area contributed by atoms with Crippen molar-refractivity contribution in [2.24, 2.45) is 0 Å². The molecule has 0 fully saturated rings. The van der Waals surface area contributed by atoms with Crippen LogP contribution in [0.4, 0.5) is 15.2 Å². The van der Waals surface area contributed by atoms with E-state index in [2.05, 4.69) is 15.6 Å². The van der Waals surface area contributed by atoms with Crippen LogP contribution in [0.3, 0.4) is 0 Å². The van der Waals surface area contributed by atoms with Crippen molar-refractivity contribution >= 4 is 23.2 Å². The minimum Gasteiger partial charge on any atom is -0.489 e. The summed E-state index contributed by atoms with van der Waals surface area (Å²) in [5, 5.41) is 22.2. The lowest BCUT2D eigenvalue weighted by molar-refractivity contribution is 0.195. The van der Waals surface area contributed by atoms with E-state index in [0.29, 0.717) is 42.2 Å². The third-order valence-corrected chi connectivity index (χ3v) is 3.02. The number of hydrogen-bond donors (Lipinski definition) is 4. The minimum absolute atomic E-state index is 0.0758. The number of nitrogens with zero attached hydrogens (tertiary/aromatic N) is 1. The van der Waals surface area contributed by atoms with Gasteiger partial charge in [0.15, 0.2) is 5.58 Å². The first-order valence-corrected chi connectivity index (χ1v) is 7.25. The Labute approximate surface area is 136 Å². The van der Waals surface area contributed by atoms with E-state index in [0.717, 1.165) is 0 Å². The van der Waals surface area contributed by atoms with Gasteiger partial charge in [-0.1, -0.05) is 0 Å². The van der Waals surface area contributed by atoms with Gasteiger partial charge < -0.3 is 30.0 Å². The summed E-state index contributed by atoms with van der Waals surface area (Å²) in [4.78, 5) is 14.6. The van der Waals surface area contributed by atoms with Gasteiger partial charge in [-0.3, -0.25) is 0 Å². The average molecular weight is 339 g/mol. The van der Waals surface area contributed by atoms with Crippen LogP contribution in [0.25, 0.3) is 11.1 Å². The van der Waals surface area contributed by atoms with E-state index in [9.17, 15) is 9.18 Å². The number of aromatic nitrogens is 1. The van der Waals surface area contributed by atoms with Gasteiger partial charge in [-0.05, 0) is 18.6 Å². The molecule has 0 radical (unpaired) electrons. The molecular formula is C15H18FN3O5. The molecule has 1 heterocycles. The zero-order valence-electron chi connectivity index (χ0n) is 12.8. The van der Waals surface area contributed by atoms with Crippen molar-refractivity contribution < 1.29 is 28.6 Å². The Hall–Kier alpha value is -2.81. The Kier molecular flexibility index (Phi) is 6.38. The predicted octanol–water partition coefficient (Wildman–Crippen LogP) is 2.12. The number of anilines is 1. The van der Waals surface area contributed by atoms with E-state index in [1.165, 1.54) is 0 Å². The summed E-state index contributed by atoms with van der Waals surface area (Å²) in [7, 11) is 0. The highest BCUT2D eigenvalue weighted by Crippen LogP contribution is 2.24. The molecule has 9 heteroatoms. The van der Waals surface area contributed by atoms with Gasteiger partial charge in [0.1, 0.15) is 17.9 Å². The zero-order valence-corrected chi connectivity index (χ0v) is 12.8. The molecule has 0 aliphatic carbocycles. The number of hydrogen-bond acceptors (Lipinski definition) is 6.